The van der Waals surface area contributed by atoms with E-state index in [0.717, 1.165) is 16.6 Å². The highest BCUT2D eigenvalue weighted by Gasteiger charge is 2.11. The van der Waals surface area contributed by atoms with Crippen molar-refractivity contribution in [2.45, 2.75) is 26.2 Å². The fourth-order valence-electron chi connectivity index (χ4n) is 1.75. The van der Waals surface area contributed by atoms with E-state index in [1.165, 1.54) is 4.88 Å². The molecule has 2 rings (SSSR count). The smallest absolute Gasteiger partial charge is 0.261 e. The summed E-state index contributed by atoms with van der Waals surface area (Å²) >= 11 is 1.58. The Kier molecular flexibility index (Phi) is 5.16. The summed E-state index contributed by atoms with van der Waals surface area (Å²) in [4.78, 5) is 10.7. The largest absolute Gasteiger partial charge is 0.375 e. The number of hydrazine groups is 1. The maximum Gasteiger partial charge on any atom is 0.261 e. The van der Waals surface area contributed by atoms with Crippen molar-refractivity contribution in [1.29, 1.82) is 0 Å². The third-order valence-electron chi connectivity index (χ3n) is 2.69. The van der Waals surface area contributed by atoms with E-state index in [0.29, 0.717) is 18.1 Å². The van der Waals surface area contributed by atoms with Gasteiger partial charge in [0.15, 0.2) is 5.82 Å². The summed E-state index contributed by atoms with van der Waals surface area (Å²) in [6.07, 6.45) is -1.17. The van der Waals surface area contributed by atoms with E-state index in [1.807, 2.05) is 6.07 Å². The van der Waals surface area contributed by atoms with Gasteiger partial charge < -0.3 is 10.2 Å². The van der Waals surface area contributed by atoms with Crippen LogP contribution in [-0.4, -0.2) is 29.6 Å². The number of rotatable bonds is 7. The number of aromatic nitrogens is 2. The number of aryl methyl sites for hydroxylation is 1. The Bertz CT molecular complexity index is 576. The van der Waals surface area contributed by atoms with E-state index >= 15 is 0 Å². The van der Waals surface area contributed by atoms with Crippen molar-refractivity contribution in [3.63, 3.8) is 0 Å². The number of anilines is 1. The molecule has 20 heavy (non-hydrogen) atoms. The van der Waals surface area contributed by atoms with Crippen LogP contribution in [0.3, 0.4) is 0 Å². The Morgan fingerprint density at radius 1 is 1.45 bits per heavy atom. The van der Waals surface area contributed by atoms with Crippen molar-refractivity contribution in [1.82, 2.24) is 9.97 Å². The van der Waals surface area contributed by atoms with Gasteiger partial charge in [-0.15, -0.1) is 11.3 Å². The molecular formula is C12H16F2N4OS. The molecule has 0 saturated carbocycles. The van der Waals surface area contributed by atoms with Crippen LogP contribution in [0.1, 0.15) is 17.6 Å². The minimum Gasteiger partial charge on any atom is -0.375 e. The molecule has 0 fully saturated rings. The third-order valence-corrected chi connectivity index (χ3v) is 3.86. The lowest BCUT2D eigenvalue weighted by Crippen LogP contribution is -2.12. The normalized spacial score (nSPS) is 11.4. The average molecular weight is 302 g/mol. The van der Waals surface area contributed by atoms with Gasteiger partial charge in [-0.25, -0.2) is 24.6 Å². The second-order valence-electron chi connectivity index (χ2n) is 4.13. The fourth-order valence-corrected chi connectivity index (χ4v) is 2.73. The fraction of sp³-hybridized carbons (Fsp3) is 0.500. The van der Waals surface area contributed by atoms with Crippen molar-refractivity contribution in [2.75, 3.05) is 18.6 Å². The van der Waals surface area contributed by atoms with Gasteiger partial charge in [-0.1, -0.05) is 6.92 Å². The van der Waals surface area contributed by atoms with Crippen LogP contribution < -0.4 is 11.3 Å². The molecule has 8 heteroatoms. The summed E-state index contributed by atoms with van der Waals surface area (Å²) in [6, 6.07) is 2.01. The lowest BCUT2D eigenvalue weighted by Gasteiger charge is -2.05. The molecule has 0 amide bonds. The van der Waals surface area contributed by atoms with Gasteiger partial charge in [-0.3, -0.25) is 0 Å². The molecule has 0 bridgehead atoms. The predicted molar refractivity (Wildman–Crippen MR) is 75.1 cm³/mol. The van der Waals surface area contributed by atoms with Gasteiger partial charge >= 0.3 is 0 Å². The quantitative estimate of drug-likeness (QED) is 0.467. The summed E-state index contributed by atoms with van der Waals surface area (Å²) < 4.78 is 28.7. The molecule has 0 aromatic carbocycles. The van der Waals surface area contributed by atoms with Crippen molar-refractivity contribution in [2.24, 2.45) is 5.84 Å². The van der Waals surface area contributed by atoms with E-state index < -0.39 is 13.0 Å². The molecular weight excluding hydrogens is 286 g/mol. The number of hydrogen-bond acceptors (Lipinski definition) is 6. The number of ether oxygens (including phenoxy) is 1. The van der Waals surface area contributed by atoms with Gasteiger partial charge in [0, 0.05) is 11.3 Å². The van der Waals surface area contributed by atoms with E-state index in [1.54, 1.807) is 11.3 Å². The molecule has 0 saturated heterocycles. The summed E-state index contributed by atoms with van der Waals surface area (Å²) in [5.74, 6) is 6.55. The van der Waals surface area contributed by atoms with Gasteiger partial charge in [0.1, 0.15) is 17.3 Å². The number of fused-ring (bicyclic) bond motifs is 1. The predicted octanol–water partition coefficient (Wildman–Crippen LogP) is 2.36. The summed E-state index contributed by atoms with van der Waals surface area (Å²) in [5.41, 5.74) is 2.55. The highest BCUT2D eigenvalue weighted by atomic mass is 32.1. The second-order valence-corrected chi connectivity index (χ2v) is 5.25. The number of halogens is 2. The maximum absolute atomic E-state index is 11.9. The average Bonchev–Trinajstić information content (AvgIpc) is 2.85. The summed E-state index contributed by atoms with van der Waals surface area (Å²) in [6.45, 7) is 1.65. The lowest BCUT2D eigenvalue weighted by atomic mass is 10.3. The minimum atomic E-state index is -2.45. The number of nitrogens with one attached hydrogen (secondary N) is 1. The van der Waals surface area contributed by atoms with Gasteiger partial charge in [-0.05, 0) is 12.5 Å². The molecule has 110 valence electrons. The third kappa shape index (κ3) is 3.59. The molecule has 2 aromatic heterocycles. The number of nitrogens with zero attached hydrogens (tertiary/aromatic N) is 2. The summed E-state index contributed by atoms with van der Waals surface area (Å²) in [7, 11) is 0. The van der Waals surface area contributed by atoms with Crippen molar-refractivity contribution >= 4 is 27.4 Å². The Balaban J connectivity index is 2.13. The van der Waals surface area contributed by atoms with E-state index in [4.69, 9.17) is 10.6 Å². The second kappa shape index (κ2) is 6.87. The number of nitrogens with two attached hydrogens (primary N) is 1. The van der Waals surface area contributed by atoms with Crippen molar-refractivity contribution in [3.05, 3.63) is 16.8 Å². The standard InChI is InChI=1S/C12H16F2N4OS/c1-2-7-5-8-11(18-15)16-10(17-12(8)20-7)3-4-19-6-9(13)14/h5,9H,2-4,6,15H2,1H3,(H,16,17,18). The highest BCUT2D eigenvalue weighted by Crippen LogP contribution is 2.28. The first kappa shape index (κ1) is 15.0. The molecule has 2 aromatic rings. The van der Waals surface area contributed by atoms with E-state index in [2.05, 4.69) is 22.3 Å². The maximum atomic E-state index is 11.9. The van der Waals surface area contributed by atoms with Crippen LogP contribution in [0.25, 0.3) is 10.2 Å². The molecule has 0 aliphatic carbocycles. The Morgan fingerprint density at radius 2 is 2.25 bits per heavy atom. The van der Waals surface area contributed by atoms with Crippen LogP contribution in [0.4, 0.5) is 14.6 Å². The zero-order valence-corrected chi connectivity index (χ0v) is 11.8. The monoisotopic (exact) mass is 302 g/mol. The van der Waals surface area contributed by atoms with E-state index in [9.17, 15) is 8.78 Å². The molecule has 3 N–H and O–H groups in total. The SMILES string of the molecule is CCc1cc2c(NN)nc(CCOCC(F)F)nc2s1. The van der Waals surface area contributed by atoms with Crippen LogP contribution in [0.2, 0.25) is 0 Å². The molecule has 0 radical (unpaired) electrons. The molecule has 0 spiro atoms. The van der Waals surface area contributed by atoms with Crippen LogP contribution in [-0.2, 0) is 17.6 Å². The zero-order chi connectivity index (χ0) is 14.5. The molecule has 5 nitrogen and oxygen atoms in total. The molecule has 0 aliphatic heterocycles. The molecule has 0 unspecified atom stereocenters. The van der Waals surface area contributed by atoms with Crippen LogP contribution >= 0.6 is 11.3 Å². The minimum absolute atomic E-state index is 0.159. The number of hydrogen-bond donors (Lipinski definition) is 2. The van der Waals surface area contributed by atoms with Crippen molar-refractivity contribution < 1.29 is 13.5 Å². The van der Waals surface area contributed by atoms with Crippen LogP contribution in [0, 0.1) is 0 Å². The topological polar surface area (TPSA) is 73.1 Å². The zero-order valence-electron chi connectivity index (χ0n) is 11.0. The van der Waals surface area contributed by atoms with E-state index in [-0.39, 0.29) is 6.61 Å². The molecule has 2 heterocycles. The van der Waals surface area contributed by atoms with Gasteiger partial charge in [0.25, 0.3) is 6.43 Å². The molecule has 0 aliphatic rings. The first-order chi connectivity index (χ1) is 9.63. The Hall–Kier alpha value is -1.38. The number of alkyl halides is 2. The van der Waals surface area contributed by atoms with Gasteiger partial charge in [0.2, 0.25) is 0 Å². The van der Waals surface area contributed by atoms with Crippen LogP contribution in [0.15, 0.2) is 6.07 Å². The molecule has 0 atom stereocenters. The Labute approximate surface area is 119 Å². The summed E-state index contributed by atoms with van der Waals surface area (Å²) in [5, 5.41) is 0.881. The Morgan fingerprint density at radius 3 is 2.90 bits per heavy atom. The van der Waals surface area contributed by atoms with Gasteiger partial charge in [-0.2, -0.15) is 0 Å². The number of thiophene rings is 1. The van der Waals surface area contributed by atoms with Gasteiger partial charge in [0.05, 0.1) is 12.0 Å². The lowest BCUT2D eigenvalue weighted by molar-refractivity contribution is 0.0183. The number of nitrogen functional groups attached to an aromatic ring is 1. The van der Waals surface area contributed by atoms with Crippen molar-refractivity contribution in [3.8, 4) is 0 Å². The first-order valence-corrected chi connectivity index (χ1v) is 7.07. The first-order valence-electron chi connectivity index (χ1n) is 6.25. The highest BCUT2D eigenvalue weighted by molar-refractivity contribution is 7.18. The van der Waals surface area contributed by atoms with Crippen LogP contribution in [0.5, 0.6) is 0 Å².